The maximum absolute atomic E-state index is 12.2. The van der Waals surface area contributed by atoms with Gasteiger partial charge in [-0.1, -0.05) is 6.58 Å². The number of carbonyl (C=O) groups is 1. The van der Waals surface area contributed by atoms with Gasteiger partial charge in [0.2, 0.25) is 7.28 Å². The molecule has 1 aromatic rings. The largest absolute Gasteiger partial charge is 0.386 e. The summed E-state index contributed by atoms with van der Waals surface area (Å²) in [6, 6.07) is 1.89. The zero-order chi connectivity index (χ0) is 16.6. The van der Waals surface area contributed by atoms with Gasteiger partial charge < -0.3 is 10.4 Å². The van der Waals surface area contributed by atoms with E-state index >= 15 is 0 Å². The van der Waals surface area contributed by atoms with E-state index in [4.69, 9.17) is 0 Å². The van der Waals surface area contributed by atoms with Crippen molar-refractivity contribution >= 4 is 30.1 Å². The number of amides is 1. The molecule has 120 valence electrons. The van der Waals surface area contributed by atoms with Crippen LogP contribution in [0.2, 0.25) is 0 Å². The lowest BCUT2D eigenvalue weighted by molar-refractivity contribution is 0.0945. The zero-order valence-electron chi connectivity index (χ0n) is 13.7. The van der Waals surface area contributed by atoms with Crippen LogP contribution >= 0.6 is 0 Å². The smallest absolute Gasteiger partial charge is 0.252 e. The Kier molecular flexibility index (Phi) is 4.10. The van der Waals surface area contributed by atoms with E-state index < -0.39 is 5.60 Å². The Hall–Kier alpha value is -1.95. The molecule has 0 bridgehead atoms. The van der Waals surface area contributed by atoms with Crippen molar-refractivity contribution < 1.29 is 9.90 Å². The van der Waals surface area contributed by atoms with Crippen LogP contribution in [0.25, 0.3) is 0 Å². The molecule has 0 spiro atoms. The van der Waals surface area contributed by atoms with Gasteiger partial charge in [0.15, 0.2) is 0 Å². The molecule has 1 fully saturated rings. The van der Waals surface area contributed by atoms with Crippen LogP contribution in [0, 0.1) is 5.92 Å². The van der Waals surface area contributed by atoms with E-state index in [1.54, 1.807) is 20.0 Å². The summed E-state index contributed by atoms with van der Waals surface area (Å²) >= 11 is 0. The lowest BCUT2D eigenvalue weighted by Crippen LogP contribution is -2.29. The second kappa shape index (κ2) is 5.93. The average Bonchev–Trinajstić information content (AvgIpc) is 3.25. The molecule has 1 aliphatic carbocycles. The molecule has 0 aromatic carbocycles. The van der Waals surface area contributed by atoms with Crippen molar-refractivity contribution in [3.05, 3.63) is 30.0 Å². The number of hydrogen-bond donors (Lipinski definition) is 2. The van der Waals surface area contributed by atoms with Crippen LogP contribution in [-0.2, 0) is 0 Å². The number of fused-ring (bicyclic) bond motifs is 1. The molecule has 1 amide bonds. The Balaban J connectivity index is 1.56. The fourth-order valence-corrected chi connectivity index (χ4v) is 2.62. The minimum atomic E-state index is -0.920. The molecule has 1 aromatic heterocycles. The van der Waals surface area contributed by atoms with Gasteiger partial charge >= 0.3 is 0 Å². The van der Waals surface area contributed by atoms with Gasteiger partial charge in [-0.3, -0.25) is 4.79 Å². The highest BCUT2D eigenvalue weighted by molar-refractivity contribution is 6.88. The minimum absolute atomic E-state index is 0.149. The number of pyridine rings is 1. The Labute approximate surface area is 137 Å². The molecule has 23 heavy (non-hydrogen) atoms. The summed E-state index contributed by atoms with van der Waals surface area (Å²) in [4.78, 5) is 21.1. The third kappa shape index (κ3) is 3.70. The van der Waals surface area contributed by atoms with E-state index in [9.17, 15) is 9.90 Å². The summed E-state index contributed by atoms with van der Waals surface area (Å²) in [6.07, 6.45) is 4.58. The predicted octanol–water partition coefficient (Wildman–Crippen LogP) is 1.04. The molecule has 2 heterocycles. The topological polar surface area (TPSA) is 74.6 Å². The van der Waals surface area contributed by atoms with Gasteiger partial charge in [0.25, 0.3) is 5.91 Å². The first-order chi connectivity index (χ1) is 10.8. The summed E-state index contributed by atoms with van der Waals surface area (Å²) in [5, 5.41) is 12.7. The molecule has 5 nitrogen and oxygen atoms in total. The van der Waals surface area contributed by atoms with E-state index in [1.807, 2.05) is 6.07 Å². The second-order valence-electron chi connectivity index (χ2n) is 6.93. The van der Waals surface area contributed by atoms with Crippen LogP contribution in [-0.4, -0.2) is 41.0 Å². The quantitative estimate of drug-likeness (QED) is 0.609. The number of aromatic nitrogens is 1. The monoisotopic (exact) mass is 311 g/mol. The standard InChI is InChI=1S/C17H22BN3O2/c1-10(17(2,3)23)6-7-19-16(22)12-8-13-15(20-9-12)21-14(18-13)11-4-5-11/h8-9,11,18,23H,1,4-7H2,2-3H3,(H,19,22). The molecule has 1 saturated carbocycles. The Bertz CT molecular complexity index is 688. The fraction of sp³-hybridized carbons (Fsp3) is 0.471. The van der Waals surface area contributed by atoms with Crippen molar-refractivity contribution in [2.75, 3.05) is 6.54 Å². The van der Waals surface area contributed by atoms with Crippen LogP contribution in [0.5, 0.6) is 0 Å². The van der Waals surface area contributed by atoms with E-state index in [-0.39, 0.29) is 5.91 Å². The van der Waals surface area contributed by atoms with Crippen molar-refractivity contribution in [3.8, 4) is 0 Å². The fourth-order valence-electron chi connectivity index (χ4n) is 2.62. The maximum atomic E-state index is 12.2. The predicted molar refractivity (Wildman–Crippen MR) is 93.2 cm³/mol. The number of aliphatic hydroxyl groups is 1. The molecular formula is C17H22BN3O2. The normalized spacial score (nSPS) is 16.4. The molecule has 1 aliphatic heterocycles. The van der Waals surface area contributed by atoms with Gasteiger partial charge in [-0.25, -0.2) is 9.98 Å². The lowest BCUT2D eigenvalue weighted by Gasteiger charge is -2.20. The van der Waals surface area contributed by atoms with Crippen LogP contribution < -0.4 is 10.8 Å². The highest BCUT2D eigenvalue weighted by Gasteiger charge is 2.32. The molecule has 2 aliphatic rings. The van der Waals surface area contributed by atoms with Gasteiger partial charge in [0.1, 0.15) is 5.82 Å². The first-order valence-corrected chi connectivity index (χ1v) is 8.10. The van der Waals surface area contributed by atoms with Crippen LogP contribution in [0.4, 0.5) is 5.82 Å². The van der Waals surface area contributed by atoms with E-state index in [0.29, 0.717) is 30.0 Å². The van der Waals surface area contributed by atoms with E-state index in [0.717, 1.165) is 18.6 Å². The van der Waals surface area contributed by atoms with Crippen LogP contribution in [0.1, 0.15) is 43.5 Å². The van der Waals surface area contributed by atoms with Crippen LogP contribution in [0.15, 0.2) is 29.4 Å². The van der Waals surface area contributed by atoms with Gasteiger partial charge in [-0.15, -0.1) is 0 Å². The number of hydrogen-bond acceptors (Lipinski definition) is 4. The first kappa shape index (κ1) is 15.9. The molecule has 0 unspecified atom stereocenters. The average molecular weight is 311 g/mol. The van der Waals surface area contributed by atoms with E-state index in [1.165, 1.54) is 18.5 Å². The summed E-state index contributed by atoms with van der Waals surface area (Å²) in [5.41, 5.74) is 2.60. The molecule has 3 rings (SSSR count). The number of rotatable bonds is 6. The summed E-state index contributed by atoms with van der Waals surface area (Å²) < 4.78 is 0. The van der Waals surface area contributed by atoms with Gasteiger partial charge in [-0.2, -0.15) is 0 Å². The van der Waals surface area contributed by atoms with E-state index in [2.05, 4.69) is 21.9 Å². The van der Waals surface area contributed by atoms with Crippen molar-refractivity contribution in [3.63, 3.8) is 0 Å². The highest BCUT2D eigenvalue weighted by Crippen LogP contribution is 2.33. The van der Waals surface area contributed by atoms with Gasteiger partial charge in [-0.05, 0) is 61.7 Å². The lowest BCUT2D eigenvalue weighted by atomic mass is 9.66. The molecular weight excluding hydrogens is 289 g/mol. The minimum Gasteiger partial charge on any atom is -0.386 e. The Morgan fingerprint density at radius 1 is 1.52 bits per heavy atom. The van der Waals surface area contributed by atoms with Crippen molar-refractivity contribution in [2.45, 2.75) is 38.7 Å². The van der Waals surface area contributed by atoms with Gasteiger partial charge in [0.05, 0.1) is 11.2 Å². The first-order valence-electron chi connectivity index (χ1n) is 8.10. The molecule has 6 heteroatoms. The molecule has 2 N–H and O–H groups in total. The molecule has 0 saturated heterocycles. The third-order valence-corrected chi connectivity index (χ3v) is 4.45. The molecule has 0 radical (unpaired) electrons. The summed E-state index contributed by atoms with van der Waals surface area (Å²) in [5.74, 6) is 1.25. The van der Waals surface area contributed by atoms with Crippen molar-refractivity contribution in [1.29, 1.82) is 0 Å². The van der Waals surface area contributed by atoms with Crippen molar-refractivity contribution in [1.82, 2.24) is 10.3 Å². The van der Waals surface area contributed by atoms with Gasteiger partial charge in [0, 0.05) is 12.7 Å². The zero-order valence-corrected chi connectivity index (χ0v) is 13.7. The Morgan fingerprint density at radius 2 is 2.26 bits per heavy atom. The highest BCUT2D eigenvalue weighted by atomic mass is 16.3. The number of nitrogens with one attached hydrogen (secondary N) is 1. The number of aliphatic imine (C=N–C) groups is 1. The number of carbonyl (C=O) groups excluding carboxylic acids is 1. The van der Waals surface area contributed by atoms with Crippen molar-refractivity contribution in [2.24, 2.45) is 10.9 Å². The SMILES string of the molecule is C=C(CCNC(=O)c1cnc2c(c1)BC(C1CC1)=N2)C(C)(C)O. The summed E-state index contributed by atoms with van der Waals surface area (Å²) in [6.45, 7) is 7.68. The molecule has 0 atom stereocenters. The second-order valence-corrected chi connectivity index (χ2v) is 6.93. The number of nitrogens with zero attached hydrogens (tertiary/aromatic N) is 2. The third-order valence-electron chi connectivity index (χ3n) is 4.45. The Morgan fingerprint density at radius 3 is 2.91 bits per heavy atom. The summed E-state index contributed by atoms with van der Waals surface area (Å²) in [7, 11) is 0.823. The van der Waals surface area contributed by atoms with Crippen LogP contribution in [0.3, 0.4) is 0 Å². The maximum Gasteiger partial charge on any atom is 0.252 e.